The lowest BCUT2D eigenvalue weighted by molar-refractivity contribution is -0.122. The van der Waals surface area contributed by atoms with Crippen LogP contribution in [0.15, 0.2) is 58.4 Å². The van der Waals surface area contributed by atoms with E-state index < -0.39 is 0 Å². The molecule has 0 aliphatic carbocycles. The van der Waals surface area contributed by atoms with Crippen LogP contribution in [0.2, 0.25) is 0 Å². The van der Waals surface area contributed by atoms with Crippen LogP contribution in [0.3, 0.4) is 0 Å². The van der Waals surface area contributed by atoms with E-state index in [1.807, 2.05) is 55.5 Å². The number of hydrogen-bond acceptors (Lipinski definition) is 4. The van der Waals surface area contributed by atoms with Gasteiger partial charge in [0, 0.05) is 6.54 Å². The highest BCUT2D eigenvalue weighted by Crippen LogP contribution is 2.34. The number of ether oxygens (including phenoxy) is 1. The second-order valence-corrected chi connectivity index (χ2v) is 7.11. The molecule has 28 heavy (non-hydrogen) atoms. The lowest BCUT2D eigenvalue weighted by Gasteiger charge is -2.12. The van der Waals surface area contributed by atoms with E-state index >= 15 is 0 Å². The number of aliphatic imine (C=N–C) groups is 1. The summed E-state index contributed by atoms with van der Waals surface area (Å²) < 4.78 is 5.38. The molecular formula is C23H22N2O2S. The molecule has 0 saturated carbocycles. The summed E-state index contributed by atoms with van der Waals surface area (Å²) in [5.41, 5.74) is 3.00. The number of terminal acetylenes is 1. The molecule has 5 heteroatoms. The predicted molar refractivity (Wildman–Crippen MR) is 117 cm³/mol. The zero-order chi connectivity index (χ0) is 19.9. The minimum atomic E-state index is -0.0205. The number of para-hydroxylation sites is 1. The maximum atomic E-state index is 12.8. The largest absolute Gasteiger partial charge is 0.481 e. The summed E-state index contributed by atoms with van der Waals surface area (Å²) in [6.45, 7) is 4.88. The molecule has 1 aliphatic heterocycles. The first-order valence-corrected chi connectivity index (χ1v) is 10.0. The number of likely N-dealkylation sites (N-methyl/N-ethyl adjacent to an activating group) is 1. The monoisotopic (exact) mass is 390 g/mol. The van der Waals surface area contributed by atoms with E-state index in [1.54, 1.807) is 4.90 Å². The third-order valence-corrected chi connectivity index (χ3v) is 5.30. The molecule has 3 rings (SSSR count). The number of nitrogens with zero attached hydrogens (tertiary/aromatic N) is 2. The molecule has 0 spiro atoms. The Morgan fingerprint density at radius 3 is 2.61 bits per heavy atom. The fourth-order valence-electron chi connectivity index (χ4n) is 2.83. The highest BCUT2D eigenvalue weighted by molar-refractivity contribution is 8.18. The molecule has 1 fully saturated rings. The summed E-state index contributed by atoms with van der Waals surface area (Å²) >= 11 is 1.41. The van der Waals surface area contributed by atoms with Crippen molar-refractivity contribution in [1.82, 2.24) is 4.90 Å². The van der Waals surface area contributed by atoms with Crippen LogP contribution in [0.4, 0.5) is 5.69 Å². The van der Waals surface area contributed by atoms with Crippen molar-refractivity contribution >= 4 is 34.6 Å². The van der Waals surface area contributed by atoms with Gasteiger partial charge in [0.2, 0.25) is 0 Å². The van der Waals surface area contributed by atoms with E-state index in [9.17, 15) is 4.79 Å². The number of amidine groups is 1. The quantitative estimate of drug-likeness (QED) is 0.521. The van der Waals surface area contributed by atoms with Crippen LogP contribution in [0.5, 0.6) is 5.75 Å². The molecule has 0 bridgehead atoms. The average molecular weight is 391 g/mol. The second kappa shape index (κ2) is 9.29. The number of benzene rings is 2. The molecule has 2 aromatic carbocycles. The summed E-state index contributed by atoms with van der Waals surface area (Å²) in [4.78, 5) is 20.0. The highest BCUT2D eigenvalue weighted by atomic mass is 32.2. The van der Waals surface area contributed by atoms with Gasteiger partial charge in [0.25, 0.3) is 5.91 Å². The third-order valence-electron chi connectivity index (χ3n) is 4.29. The predicted octanol–water partition coefficient (Wildman–Crippen LogP) is 4.88. The molecule has 1 saturated heterocycles. The van der Waals surface area contributed by atoms with Crippen LogP contribution in [0.1, 0.15) is 25.0 Å². The number of rotatable bonds is 6. The fourth-order valence-corrected chi connectivity index (χ4v) is 3.88. The summed E-state index contributed by atoms with van der Waals surface area (Å²) in [5.74, 6) is 3.13. The van der Waals surface area contributed by atoms with Crippen LogP contribution >= 0.6 is 11.8 Å². The Bertz CT molecular complexity index is 955. The van der Waals surface area contributed by atoms with Gasteiger partial charge in [0.15, 0.2) is 5.17 Å². The number of carbonyl (C=O) groups excluding carboxylic acids is 1. The zero-order valence-electron chi connectivity index (χ0n) is 16.0. The van der Waals surface area contributed by atoms with Crippen molar-refractivity contribution in [1.29, 1.82) is 0 Å². The first-order chi connectivity index (χ1) is 13.7. The number of aryl methyl sites for hydroxylation is 1. The van der Waals surface area contributed by atoms with Gasteiger partial charge in [-0.2, -0.15) is 0 Å². The van der Waals surface area contributed by atoms with Crippen molar-refractivity contribution in [2.75, 3.05) is 13.2 Å². The van der Waals surface area contributed by atoms with Gasteiger partial charge in [-0.25, -0.2) is 4.99 Å². The molecule has 0 aromatic heterocycles. The van der Waals surface area contributed by atoms with E-state index in [1.165, 1.54) is 17.3 Å². The lowest BCUT2D eigenvalue weighted by atomic mass is 10.1. The number of hydrogen-bond donors (Lipinski definition) is 0. The SMILES string of the molecule is C#CCOc1ccc(/C=C2/SC(=Nc3ccccc3CC)N(CC)C2=O)cc1. The Balaban J connectivity index is 1.86. The smallest absolute Gasteiger partial charge is 0.266 e. The summed E-state index contributed by atoms with van der Waals surface area (Å²) in [6, 6.07) is 15.5. The Morgan fingerprint density at radius 1 is 1.18 bits per heavy atom. The molecule has 2 aromatic rings. The topological polar surface area (TPSA) is 41.9 Å². The van der Waals surface area contributed by atoms with Crippen LogP contribution in [0.25, 0.3) is 6.08 Å². The van der Waals surface area contributed by atoms with Gasteiger partial charge in [-0.05, 0) is 60.5 Å². The molecule has 0 atom stereocenters. The average Bonchev–Trinajstić information content (AvgIpc) is 3.02. The Morgan fingerprint density at radius 2 is 1.93 bits per heavy atom. The second-order valence-electron chi connectivity index (χ2n) is 6.10. The van der Waals surface area contributed by atoms with Crippen LogP contribution in [-0.4, -0.2) is 29.1 Å². The molecule has 4 nitrogen and oxygen atoms in total. The van der Waals surface area contributed by atoms with Crippen molar-refractivity contribution in [3.8, 4) is 18.1 Å². The van der Waals surface area contributed by atoms with E-state index in [-0.39, 0.29) is 12.5 Å². The van der Waals surface area contributed by atoms with Crippen LogP contribution in [-0.2, 0) is 11.2 Å². The molecular weight excluding hydrogens is 368 g/mol. The summed E-state index contributed by atoms with van der Waals surface area (Å²) in [6.07, 6.45) is 7.98. The molecule has 142 valence electrons. The van der Waals surface area contributed by atoms with Gasteiger partial charge in [-0.3, -0.25) is 9.69 Å². The summed E-state index contributed by atoms with van der Waals surface area (Å²) in [5, 5.41) is 0.716. The Hall–Kier alpha value is -2.97. The molecule has 1 aliphatic rings. The van der Waals surface area contributed by atoms with Gasteiger partial charge >= 0.3 is 0 Å². The fraction of sp³-hybridized carbons (Fsp3) is 0.217. The molecule has 0 N–H and O–H groups in total. The van der Waals surface area contributed by atoms with Crippen molar-refractivity contribution in [3.05, 3.63) is 64.6 Å². The van der Waals surface area contributed by atoms with Crippen molar-refractivity contribution in [3.63, 3.8) is 0 Å². The number of thioether (sulfide) groups is 1. The van der Waals surface area contributed by atoms with Gasteiger partial charge in [0.1, 0.15) is 12.4 Å². The van der Waals surface area contributed by atoms with Gasteiger partial charge in [-0.1, -0.05) is 43.2 Å². The molecule has 1 amide bonds. The standard InChI is InChI=1S/C23H22N2O2S/c1-4-15-27-19-13-11-17(12-14-19)16-21-22(26)25(6-3)23(28-21)24-20-10-8-7-9-18(20)5-2/h1,7-14,16H,5-6,15H2,2-3H3/b21-16+,24-23?. The number of amides is 1. The normalized spacial score (nSPS) is 16.6. The van der Waals surface area contributed by atoms with E-state index in [2.05, 4.69) is 18.9 Å². The van der Waals surface area contributed by atoms with Crippen molar-refractivity contribution in [2.45, 2.75) is 20.3 Å². The first-order valence-electron chi connectivity index (χ1n) is 9.20. The van der Waals surface area contributed by atoms with Crippen molar-refractivity contribution < 1.29 is 9.53 Å². The Labute approximate surface area is 170 Å². The third kappa shape index (κ3) is 4.47. The zero-order valence-corrected chi connectivity index (χ0v) is 16.8. The molecule has 1 heterocycles. The molecule has 0 radical (unpaired) electrons. The lowest BCUT2D eigenvalue weighted by Crippen LogP contribution is -2.28. The van der Waals surface area contributed by atoms with Crippen LogP contribution in [0, 0.1) is 12.3 Å². The minimum Gasteiger partial charge on any atom is -0.481 e. The van der Waals surface area contributed by atoms with Crippen molar-refractivity contribution in [2.24, 2.45) is 4.99 Å². The minimum absolute atomic E-state index is 0.0205. The van der Waals surface area contributed by atoms with E-state index in [0.717, 1.165) is 17.7 Å². The van der Waals surface area contributed by atoms with Gasteiger partial charge in [-0.15, -0.1) is 6.42 Å². The maximum absolute atomic E-state index is 12.8. The van der Waals surface area contributed by atoms with Crippen LogP contribution < -0.4 is 4.74 Å². The summed E-state index contributed by atoms with van der Waals surface area (Å²) in [7, 11) is 0. The van der Waals surface area contributed by atoms with E-state index in [4.69, 9.17) is 16.2 Å². The van der Waals surface area contributed by atoms with E-state index in [0.29, 0.717) is 22.4 Å². The van der Waals surface area contributed by atoms with Gasteiger partial charge < -0.3 is 4.74 Å². The Kier molecular flexibility index (Phi) is 6.57. The van der Waals surface area contributed by atoms with Gasteiger partial charge in [0.05, 0.1) is 10.6 Å². The highest BCUT2D eigenvalue weighted by Gasteiger charge is 2.32. The maximum Gasteiger partial charge on any atom is 0.266 e. The number of carbonyl (C=O) groups is 1. The first kappa shape index (κ1) is 19.8. The molecule has 0 unspecified atom stereocenters.